The molecule has 18 heavy (non-hydrogen) atoms. The number of thioether (sulfide) groups is 1. The Morgan fingerprint density at radius 1 is 1.28 bits per heavy atom. The van der Waals surface area contributed by atoms with Gasteiger partial charge in [-0.3, -0.25) is 0 Å². The molecular formula is C15H31NOS. The summed E-state index contributed by atoms with van der Waals surface area (Å²) in [6.07, 6.45) is 11.2. The number of hydrogen-bond acceptors (Lipinski definition) is 3. The minimum Gasteiger partial charge on any atom is -0.375 e. The maximum atomic E-state index is 5.87. The van der Waals surface area contributed by atoms with E-state index in [1.807, 2.05) is 11.8 Å². The first-order chi connectivity index (χ1) is 8.70. The minimum atomic E-state index is 0.119. The van der Waals surface area contributed by atoms with Gasteiger partial charge in [-0.05, 0) is 57.6 Å². The van der Waals surface area contributed by atoms with Gasteiger partial charge in [0.15, 0.2) is 0 Å². The summed E-state index contributed by atoms with van der Waals surface area (Å²) in [5, 5.41) is 3.72. The highest BCUT2D eigenvalue weighted by Gasteiger charge is 2.30. The Morgan fingerprint density at radius 2 is 2.06 bits per heavy atom. The van der Waals surface area contributed by atoms with Crippen LogP contribution in [0, 0.1) is 0 Å². The maximum Gasteiger partial charge on any atom is 0.0666 e. The summed E-state index contributed by atoms with van der Waals surface area (Å²) in [4.78, 5) is 0. The van der Waals surface area contributed by atoms with Gasteiger partial charge in [0.25, 0.3) is 0 Å². The molecule has 1 saturated heterocycles. The topological polar surface area (TPSA) is 21.3 Å². The molecule has 0 amide bonds. The average Bonchev–Trinajstić information content (AvgIpc) is 2.38. The third-order valence-electron chi connectivity index (χ3n) is 4.05. The highest BCUT2D eigenvalue weighted by molar-refractivity contribution is 7.98. The van der Waals surface area contributed by atoms with E-state index < -0.39 is 0 Å². The Balaban J connectivity index is 2.01. The summed E-state index contributed by atoms with van der Waals surface area (Å²) in [5.41, 5.74) is 0.119. The van der Waals surface area contributed by atoms with Gasteiger partial charge in [-0.15, -0.1) is 0 Å². The van der Waals surface area contributed by atoms with E-state index in [9.17, 15) is 0 Å². The first kappa shape index (κ1) is 16.3. The molecule has 0 aromatic carbocycles. The van der Waals surface area contributed by atoms with Crippen LogP contribution in [0.5, 0.6) is 0 Å². The molecule has 0 radical (unpaired) electrons. The van der Waals surface area contributed by atoms with Crippen LogP contribution < -0.4 is 5.32 Å². The summed E-state index contributed by atoms with van der Waals surface area (Å²) in [7, 11) is 0. The monoisotopic (exact) mass is 273 g/mol. The minimum absolute atomic E-state index is 0.119. The van der Waals surface area contributed by atoms with Crippen molar-refractivity contribution in [1.82, 2.24) is 5.32 Å². The van der Waals surface area contributed by atoms with Crippen molar-refractivity contribution in [2.24, 2.45) is 0 Å². The molecule has 0 saturated carbocycles. The number of unbranched alkanes of at least 4 members (excludes halogenated alkanes) is 3. The lowest BCUT2D eigenvalue weighted by molar-refractivity contribution is -0.0778. The van der Waals surface area contributed by atoms with Crippen LogP contribution in [-0.4, -0.2) is 36.8 Å². The van der Waals surface area contributed by atoms with Gasteiger partial charge in [-0.25, -0.2) is 0 Å². The van der Waals surface area contributed by atoms with Gasteiger partial charge in [-0.2, -0.15) is 11.8 Å². The fourth-order valence-corrected chi connectivity index (χ4v) is 3.07. The predicted molar refractivity (Wildman–Crippen MR) is 82.5 cm³/mol. The smallest absolute Gasteiger partial charge is 0.0666 e. The van der Waals surface area contributed by atoms with E-state index >= 15 is 0 Å². The molecule has 1 rings (SSSR count). The van der Waals surface area contributed by atoms with Gasteiger partial charge in [0.1, 0.15) is 0 Å². The van der Waals surface area contributed by atoms with Crippen LogP contribution in [-0.2, 0) is 4.74 Å². The lowest BCUT2D eigenvalue weighted by Gasteiger charge is -2.38. The summed E-state index contributed by atoms with van der Waals surface area (Å²) < 4.78 is 5.87. The van der Waals surface area contributed by atoms with Crippen LogP contribution in [0.25, 0.3) is 0 Å². The summed E-state index contributed by atoms with van der Waals surface area (Å²) in [6.45, 7) is 6.59. The van der Waals surface area contributed by atoms with Gasteiger partial charge < -0.3 is 10.1 Å². The number of rotatable bonds is 9. The molecule has 1 fully saturated rings. The quantitative estimate of drug-likeness (QED) is 0.645. The second-order valence-corrected chi connectivity index (χ2v) is 6.69. The molecule has 2 unspecified atom stereocenters. The van der Waals surface area contributed by atoms with E-state index in [-0.39, 0.29) is 5.60 Å². The van der Waals surface area contributed by atoms with Crippen LogP contribution in [0.2, 0.25) is 0 Å². The molecule has 1 heterocycles. The summed E-state index contributed by atoms with van der Waals surface area (Å²) >= 11 is 1.96. The zero-order valence-electron chi connectivity index (χ0n) is 12.5. The Kier molecular flexibility index (Phi) is 8.36. The van der Waals surface area contributed by atoms with Gasteiger partial charge in [0, 0.05) is 12.6 Å². The van der Waals surface area contributed by atoms with Crippen molar-refractivity contribution >= 4 is 11.8 Å². The average molecular weight is 273 g/mol. The second kappa shape index (κ2) is 9.22. The normalized spacial score (nSPS) is 28.5. The van der Waals surface area contributed by atoms with Crippen LogP contribution in [0.15, 0.2) is 0 Å². The lowest BCUT2D eigenvalue weighted by atomic mass is 9.90. The highest BCUT2D eigenvalue weighted by Crippen LogP contribution is 2.27. The van der Waals surface area contributed by atoms with E-state index in [2.05, 4.69) is 25.4 Å². The van der Waals surface area contributed by atoms with Crippen LogP contribution in [0.4, 0.5) is 0 Å². The summed E-state index contributed by atoms with van der Waals surface area (Å²) in [5.74, 6) is 1.32. The Hall–Kier alpha value is 0.270. The van der Waals surface area contributed by atoms with Gasteiger partial charge >= 0.3 is 0 Å². The fourth-order valence-electron chi connectivity index (χ4n) is 2.58. The van der Waals surface area contributed by atoms with E-state index in [0.29, 0.717) is 6.04 Å². The van der Waals surface area contributed by atoms with Gasteiger partial charge in [-0.1, -0.05) is 19.8 Å². The molecule has 2 atom stereocenters. The van der Waals surface area contributed by atoms with Crippen molar-refractivity contribution in [1.29, 1.82) is 0 Å². The largest absolute Gasteiger partial charge is 0.375 e. The zero-order chi connectivity index (χ0) is 13.3. The van der Waals surface area contributed by atoms with E-state index in [0.717, 1.165) is 13.0 Å². The molecule has 1 N–H and O–H groups in total. The predicted octanol–water partition coefficient (Wildman–Crippen LogP) is 3.85. The number of nitrogens with one attached hydrogen (secondary N) is 1. The van der Waals surface area contributed by atoms with Crippen molar-refractivity contribution in [2.45, 2.75) is 70.4 Å². The summed E-state index contributed by atoms with van der Waals surface area (Å²) in [6, 6.07) is 0.676. The van der Waals surface area contributed by atoms with E-state index in [1.54, 1.807) is 0 Å². The molecular weight excluding hydrogens is 242 g/mol. The Labute approximate surface area is 118 Å². The van der Waals surface area contributed by atoms with E-state index in [4.69, 9.17) is 4.74 Å². The lowest BCUT2D eigenvalue weighted by Crippen LogP contribution is -2.45. The molecule has 2 nitrogen and oxygen atoms in total. The second-order valence-electron chi connectivity index (χ2n) is 5.70. The van der Waals surface area contributed by atoms with Crippen molar-refractivity contribution in [3.05, 3.63) is 0 Å². The van der Waals surface area contributed by atoms with E-state index in [1.165, 1.54) is 50.8 Å². The van der Waals surface area contributed by atoms with Crippen LogP contribution in [0.1, 0.15) is 58.8 Å². The molecule has 0 aromatic rings. The SMILES string of the molecule is CCC1(C)CC(NCCCCCCSC)CCO1. The first-order valence-corrected chi connectivity index (χ1v) is 8.96. The Morgan fingerprint density at radius 3 is 2.78 bits per heavy atom. The van der Waals surface area contributed by atoms with Crippen LogP contribution in [0.3, 0.4) is 0 Å². The third-order valence-corrected chi connectivity index (χ3v) is 4.75. The van der Waals surface area contributed by atoms with Gasteiger partial charge in [0.05, 0.1) is 5.60 Å². The van der Waals surface area contributed by atoms with Crippen molar-refractivity contribution < 1.29 is 4.74 Å². The first-order valence-electron chi connectivity index (χ1n) is 7.56. The molecule has 0 aliphatic carbocycles. The Bertz CT molecular complexity index is 213. The number of hydrogen-bond donors (Lipinski definition) is 1. The van der Waals surface area contributed by atoms with Crippen molar-refractivity contribution in [3.63, 3.8) is 0 Å². The molecule has 1 aliphatic heterocycles. The van der Waals surface area contributed by atoms with Crippen molar-refractivity contribution in [3.8, 4) is 0 Å². The highest BCUT2D eigenvalue weighted by atomic mass is 32.2. The third kappa shape index (κ3) is 6.44. The molecule has 0 bridgehead atoms. The molecule has 0 spiro atoms. The zero-order valence-corrected chi connectivity index (χ0v) is 13.3. The maximum absolute atomic E-state index is 5.87. The molecule has 1 aliphatic rings. The molecule has 3 heteroatoms. The molecule has 0 aromatic heterocycles. The van der Waals surface area contributed by atoms with Gasteiger partial charge in [0.2, 0.25) is 0 Å². The molecule has 108 valence electrons. The number of ether oxygens (including phenoxy) is 1. The van der Waals surface area contributed by atoms with Crippen LogP contribution >= 0.6 is 11.8 Å². The van der Waals surface area contributed by atoms with Crippen molar-refractivity contribution in [2.75, 3.05) is 25.2 Å². The fraction of sp³-hybridized carbons (Fsp3) is 1.00. The standard InChI is InChI=1S/C15H31NOS/c1-4-15(2)13-14(9-11-17-15)16-10-7-5-6-8-12-18-3/h14,16H,4-13H2,1-3H3.